The predicted octanol–water partition coefficient (Wildman–Crippen LogP) is 4.15. The molecule has 1 aliphatic rings. The van der Waals surface area contributed by atoms with Crippen LogP contribution < -0.4 is 16.0 Å². The van der Waals surface area contributed by atoms with Gasteiger partial charge in [0, 0.05) is 72.7 Å². The van der Waals surface area contributed by atoms with E-state index in [1.807, 2.05) is 67.3 Å². The van der Waals surface area contributed by atoms with Crippen molar-refractivity contribution in [3.63, 3.8) is 0 Å². The Labute approximate surface area is 240 Å². The topological polar surface area (TPSA) is 123 Å². The zero-order valence-electron chi connectivity index (χ0n) is 23.8. The van der Waals surface area contributed by atoms with Crippen LogP contribution in [0, 0.1) is 12.8 Å². The highest BCUT2D eigenvalue weighted by atomic mass is 16.5. The lowest BCUT2D eigenvalue weighted by Gasteiger charge is -2.36. The van der Waals surface area contributed by atoms with Crippen molar-refractivity contribution in [2.45, 2.75) is 58.7 Å². The predicted molar refractivity (Wildman–Crippen MR) is 157 cm³/mol. The van der Waals surface area contributed by atoms with Gasteiger partial charge < -0.3 is 25.1 Å². The van der Waals surface area contributed by atoms with Crippen LogP contribution in [-0.4, -0.2) is 56.4 Å². The Morgan fingerprint density at radius 1 is 1.12 bits per heavy atom. The largest absolute Gasteiger partial charge is 0.373 e. The third kappa shape index (κ3) is 7.33. The molecule has 4 aromatic heterocycles. The molecule has 0 bridgehead atoms. The Kier molecular flexibility index (Phi) is 9.01. The SMILES string of the molecule is CCCOCc1ncc(-c2ccn3cc(NC(=O)[C@H]4C[C@@H](N[C@@H](C)CNC(=O)c5cccc(C)n5)C4)cc3c2)cn1. The maximum atomic E-state index is 12.9. The number of rotatable bonds is 12. The molecule has 214 valence electrons. The van der Waals surface area contributed by atoms with Crippen LogP contribution in [-0.2, 0) is 16.1 Å². The number of aromatic nitrogens is 4. The van der Waals surface area contributed by atoms with E-state index in [9.17, 15) is 9.59 Å². The second-order valence-corrected chi connectivity index (χ2v) is 10.7. The smallest absolute Gasteiger partial charge is 0.269 e. The van der Waals surface area contributed by atoms with Crippen LogP contribution in [0.15, 0.2) is 61.2 Å². The third-order valence-electron chi connectivity index (χ3n) is 7.20. The van der Waals surface area contributed by atoms with E-state index in [0.717, 1.165) is 47.3 Å². The lowest BCUT2D eigenvalue weighted by atomic mass is 9.79. The zero-order valence-corrected chi connectivity index (χ0v) is 23.8. The Bertz CT molecular complexity index is 1500. The summed E-state index contributed by atoms with van der Waals surface area (Å²) in [4.78, 5) is 38.3. The fourth-order valence-corrected chi connectivity index (χ4v) is 4.92. The monoisotopic (exact) mass is 555 g/mol. The summed E-state index contributed by atoms with van der Waals surface area (Å²) in [6.45, 7) is 7.56. The molecule has 3 N–H and O–H groups in total. The van der Waals surface area contributed by atoms with Crippen LogP contribution >= 0.6 is 0 Å². The van der Waals surface area contributed by atoms with Crippen LogP contribution in [0.25, 0.3) is 16.6 Å². The molecular weight excluding hydrogens is 518 g/mol. The number of fused-ring (bicyclic) bond motifs is 1. The Morgan fingerprint density at radius 3 is 2.68 bits per heavy atom. The normalized spacial score (nSPS) is 17.1. The highest BCUT2D eigenvalue weighted by Gasteiger charge is 2.35. The van der Waals surface area contributed by atoms with Gasteiger partial charge in [-0.05, 0) is 69.0 Å². The van der Waals surface area contributed by atoms with E-state index in [2.05, 4.69) is 43.9 Å². The molecule has 1 saturated carbocycles. The molecule has 0 radical (unpaired) electrons. The van der Waals surface area contributed by atoms with Gasteiger partial charge in [0.1, 0.15) is 12.3 Å². The fraction of sp³-hybridized carbons (Fsp3) is 0.387. The fourth-order valence-electron chi connectivity index (χ4n) is 4.92. The van der Waals surface area contributed by atoms with E-state index < -0.39 is 0 Å². The van der Waals surface area contributed by atoms with Gasteiger partial charge in [-0.3, -0.25) is 9.59 Å². The molecule has 0 spiro atoms. The molecule has 0 aromatic carbocycles. The molecule has 2 amide bonds. The number of amides is 2. The minimum atomic E-state index is -0.181. The molecule has 0 saturated heterocycles. The number of ether oxygens (including phenoxy) is 1. The number of nitrogens with one attached hydrogen (secondary N) is 3. The molecule has 4 heterocycles. The number of hydrogen-bond acceptors (Lipinski definition) is 7. The summed E-state index contributed by atoms with van der Waals surface area (Å²) in [6, 6.07) is 11.8. The van der Waals surface area contributed by atoms with E-state index >= 15 is 0 Å². The summed E-state index contributed by atoms with van der Waals surface area (Å²) < 4.78 is 7.50. The van der Waals surface area contributed by atoms with Crippen LogP contribution in [0.4, 0.5) is 5.69 Å². The molecule has 10 heteroatoms. The molecule has 41 heavy (non-hydrogen) atoms. The number of nitrogens with zero attached hydrogens (tertiary/aromatic N) is 4. The second kappa shape index (κ2) is 13.0. The van der Waals surface area contributed by atoms with E-state index in [4.69, 9.17) is 4.74 Å². The first kappa shape index (κ1) is 28.4. The van der Waals surface area contributed by atoms with Gasteiger partial charge in [-0.1, -0.05) is 13.0 Å². The van der Waals surface area contributed by atoms with E-state index in [0.29, 0.717) is 31.3 Å². The second-order valence-electron chi connectivity index (χ2n) is 10.7. The Morgan fingerprint density at radius 2 is 1.93 bits per heavy atom. The van der Waals surface area contributed by atoms with Gasteiger partial charge >= 0.3 is 0 Å². The van der Waals surface area contributed by atoms with E-state index in [1.165, 1.54) is 0 Å². The highest BCUT2D eigenvalue weighted by Crippen LogP contribution is 2.30. The van der Waals surface area contributed by atoms with Crippen molar-refractivity contribution in [2.75, 3.05) is 18.5 Å². The van der Waals surface area contributed by atoms with Gasteiger partial charge in [0.2, 0.25) is 5.91 Å². The van der Waals surface area contributed by atoms with E-state index in [1.54, 1.807) is 6.07 Å². The quantitative estimate of drug-likeness (QED) is 0.225. The minimum absolute atomic E-state index is 0.0277. The van der Waals surface area contributed by atoms with Crippen molar-refractivity contribution < 1.29 is 14.3 Å². The van der Waals surface area contributed by atoms with Crippen LogP contribution in [0.3, 0.4) is 0 Å². The van der Waals surface area contributed by atoms with Crippen LogP contribution in [0.1, 0.15) is 55.1 Å². The molecule has 0 aliphatic heterocycles. The van der Waals surface area contributed by atoms with Crippen molar-refractivity contribution in [3.05, 3.63) is 78.4 Å². The summed E-state index contributed by atoms with van der Waals surface area (Å²) in [5.41, 5.74) is 4.89. The molecule has 0 unspecified atom stereocenters. The summed E-state index contributed by atoms with van der Waals surface area (Å²) in [5.74, 6) is 0.474. The van der Waals surface area contributed by atoms with Gasteiger partial charge in [-0.15, -0.1) is 0 Å². The maximum absolute atomic E-state index is 12.9. The maximum Gasteiger partial charge on any atom is 0.269 e. The van der Waals surface area contributed by atoms with Crippen LogP contribution in [0.5, 0.6) is 0 Å². The van der Waals surface area contributed by atoms with Gasteiger partial charge in [0.05, 0.1) is 5.69 Å². The first-order valence-electron chi connectivity index (χ1n) is 14.2. The highest BCUT2D eigenvalue weighted by molar-refractivity contribution is 5.94. The third-order valence-corrected chi connectivity index (χ3v) is 7.20. The minimum Gasteiger partial charge on any atom is -0.373 e. The number of carbonyl (C=O) groups excluding carboxylic acids is 2. The van der Waals surface area contributed by atoms with Crippen molar-refractivity contribution in [3.8, 4) is 11.1 Å². The van der Waals surface area contributed by atoms with Gasteiger partial charge in [0.15, 0.2) is 5.82 Å². The molecule has 4 aromatic rings. The molecule has 10 nitrogen and oxygen atoms in total. The number of carbonyl (C=O) groups is 2. The van der Waals surface area contributed by atoms with Gasteiger partial charge in [-0.25, -0.2) is 15.0 Å². The van der Waals surface area contributed by atoms with Crippen molar-refractivity contribution in [1.82, 2.24) is 30.0 Å². The Hall–Kier alpha value is -4.15. The standard InChI is InChI=1S/C31H37N7O3/c1-4-10-41-19-29-32-16-24(17-33-29)22-8-9-38-18-26(14-27(38)13-22)37-30(39)23-11-25(12-23)35-21(3)15-34-31(40)28-7-5-6-20(2)36-28/h5-9,13-14,16-18,21,23,25,35H,4,10-12,15,19H2,1-3H3,(H,34,40)(H,37,39)/t21-,23-,25+/m0/s1. The van der Waals surface area contributed by atoms with Gasteiger partial charge in [0.25, 0.3) is 5.91 Å². The Balaban J connectivity index is 1.08. The van der Waals surface area contributed by atoms with Gasteiger partial charge in [-0.2, -0.15) is 0 Å². The summed E-state index contributed by atoms with van der Waals surface area (Å²) in [6.07, 6.45) is 10.0. The van der Waals surface area contributed by atoms with Crippen molar-refractivity contribution >= 4 is 23.0 Å². The average Bonchev–Trinajstić information content (AvgIpc) is 3.35. The lowest BCUT2D eigenvalue weighted by Crippen LogP contribution is -2.51. The molecular formula is C31H37N7O3. The molecule has 5 rings (SSSR count). The lowest BCUT2D eigenvalue weighted by molar-refractivity contribution is -0.123. The average molecular weight is 556 g/mol. The van der Waals surface area contributed by atoms with E-state index in [-0.39, 0.29) is 29.8 Å². The number of hydrogen-bond donors (Lipinski definition) is 3. The number of aryl methyl sites for hydroxylation is 1. The zero-order chi connectivity index (χ0) is 28.8. The molecule has 1 atom stereocenters. The first-order chi connectivity index (χ1) is 19.9. The number of pyridine rings is 2. The summed E-state index contributed by atoms with van der Waals surface area (Å²) >= 11 is 0. The summed E-state index contributed by atoms with van der Waals surface area (Å²) in [5, 5.41) is 9.50. The number of anilines is 1. The summed E-state index contributed by atoms with van der Waals surface area (Å²) in [7, 11) is 0. The molecule has 1 aliphatic carbocycles. The van der Waals surface area contributed by atoms with Crippen LogP contribution in [0.2, 0.25) is 0 Å². The van der Waals surface area contributed by atoms with Crippen molar-refractivity contribution in [2.24, 2.45) is 5.92 Å². The van der Waals surface area contributed by atoms with Crippen molar-refractivity contribution in [1.29, 1.82) is 0 Å². The molecule has 1 fully saturated rings. The first-order valence-corrected chi connectivity index (χ1v) is 14.2.